The molecule has 5 aromatic rings. The van der Waals surface area contributed by atoms with Gasteiger partial charge in [0.25, 0.3) is 0 Å². The Balaban J connectivity index is 1.17. The molecule has 13 heteroatoms. The standard InChI is InChI=1S/C42H50FN9O3/c1-22(2)25(5)52-19-36(49-50-52)28-9-7-26(8-10-28)21-54-40-38(37-24(4)34(43)15-35-33(37)17-45-48-35)31(27-11-12-27)14-32-39(40)46-42(55-20-23(3)53-6)47-41(32)51-18-29-13-30(51)16-44-29/h7-10,14-15,17,22-23,25,27,29-30,36,44H,11-13,16,18-21H2,1-6H3,(H,45,48)/t23-,25?,29?,30?,36?/m0/s1. The van der Waals surface area contributed by atoms with Crippen molar-refractivity contribution in [3.8, 4) is 22.9 Å². The predicted octanol–water partition coefficient (Wildman–Crippen LogP) is 7.81. The number of piperazine rings is 1. The molecule has 55 heavy (non-hydrogen) atoms. The average molecular weight is 748 g/mol. The van der Waals surface area contributed by atoms with Crippen molar-refractivity contribution in [2.24, 2.45) is 16.3 Å². The topological polar surface area (TPSA) is 125 Å². The van der Waals surface area contributed by atoms with Crippen molar-refractivity contribution in [1.82, 2.24) is 30.5 Å². The second-order valence-corrected chi connectivity index (χ2v) is 16.2. The molecule has 9 rings (SSSR count). The van der Waals surface area contributed by atoms with Gasteiger partial charge in [-0.05, 0) is 86.3 Å². The highest BCUT2D eigenvalue weighted by Crippen LogP contribution is 2.53. The van der Waals surface area contributed by atoms with E-state index >= 15 is 4.39 Å². The molecule has 2 saturated heterocycles. The zero-order valence-corrected chi connectivity index (χ0v) is 32.5. The van der Waals surface area contributed by atoms with Crippen molar-refractivity contribution in [1.29, 1.82) is 0 Å². The highest BCUT2D eigenvalue weighted by molar-refractivity contribution is 6.06. The fraction of sp³-hybridized carbons (Fsp3) is 0.500. The fourth-order valence-electron chi connectivity index (χ4n) is 8.32. The van der Waals surface area contributed by atoms with Crippen LogP contribution in [0.5, 0.6) is 11.8 Å². The Hall–Kier alpha value is -4.88. The lowest BCUT2D eigenvalue weighted by molar-refractivity contribution is 0.0682. The van der Waals surface area contributed by atoms with Crippen molar-refractivity contribution >= 4 is 27.6 Å². The van der Waals surface area contributed by atoms with Gasteiger partial charge in [0.15, 0.2) is 5.75 Å². The van der Waals surface area contributed by atoms with Crippen LogP contribution in [0.4, 0.5) is 10.2 Å². The number of aromatic nitrogens is 4. The Morgan fingerprint density at radius 2 is 1.80 bits per heavy atom. The third-order valence-electron chi connectivity index (χ3n) is 12.2. The number of aromatic amines is 1. The number of methoxy groups -OCH3 is 1. The maximum Gasteiger partial charge on any atom is 0.319 e. The Morgan fingerprint density at radius 3 is 2.51 bits per heavy atom. The maximum absolute atomic E-state index is 15.8. The van der Waals surface area contributed by atoms with E-state index in [0.717, 1.165) is 83.3 Å². The van der Waals surface area contributed by atoms with E-state index in [4.69, 9.17) is 24.2 Å². The molecule has 5 heterocycles. The summed E-state index contributed by atoms with van der Waals surface area (Å²) in [5, 5.41) is 23.9. The molecule has 12 nitrogen and oxygen atoms in total. The van der Waals surface area contributed by atoms with Gasteiger partial charge in [-0.3, -0.25) is 10.1 Å². The minimum atomic E-state index is -0.304. The SMILES string of the molecule is CO[C@@H](C)COc1nc(N2CC3CC2CN3)c2cc(C3CC3)c(-c3c(C)c(F)cc4[nH]ncc34)c(OCc3ccc(C4CN(C(C)C(C)C)N=N4)cc3)c2n1. The summed E-state index contributed by atoms with van der Waals surface area (Å²) in [5.41, 5.74) is 6.67. The summed E-state index contributed by atoms with van der Waals surface area (Å²) in [7, 11) is 1.66. The van der Waals surface area contributed by atoms with Crippen molar-refractivity contribution in [2.45, 2.75) is 96.7 Å². The largest absolute Gasteiger partial charge is 0.486 e. The molecule has 4 unspecified atom stereocenters. The lowest BCUT2D eigenvalue weighted by atomic mass is 9.88. The first-order valence-corrected chi connectivity index (χ1v) is 19.7. The Bertz CT molecular complexity index is 2260. The summed E-state index contributed by atoms with van der Waals surface area (Å²) in [6.45, 7) is 13.5. The quantitative estimate of drug-likeness (QED) is 0.124. The number of H-pyrrole nitrogens is 1. The number of anilines is 1. The van der Waals surface area contributed by atoms with Gasteiger partial charge in [-0.25, -0.2) is 4.39 Å². The number of halogens is 1. The molecule has 1 aliphatic carbocycles. The van der Waals surface area contributed by atoms with Crippen LogP contribution in [-0.2, 0) is 11.3 Å². The third kappa shape index (κ3) is 6.64. The summed E-state index contributed by atoms with van der Waals surface area (Å²) < 4.78 is 34.7. The summed E-state index contributed by atoms with van der Waals surface area (Å²) in [5.74, 6) is 1.92. The molecule has 3 aromatic carbocycles. The molecular weight excluding hydrogens is 698 g/mol. The molecule has 5 atom stereocenters. The van der Waals surface area contributed by atoms with E-state index in [1.165, 1.54) is 6.07 Å². The van der Waals surface area contributed by atoms with Crippen molar-refractivity contribution in [3.05, 3.63) is 70.7 Å². The number of hydrogen-bond acceptors (Lipinski definition) is 11. The van der Waals surface area contributed by atoms with E-state index in [0.29, 0.717) is 52.3 Å². The summed E-state index contributed by atoms with van der Waals surface area (Å²) in [4.78, 5) is 12.6. The first-order chi connectivity index (χ1) is 26.7. The molecule has 1 saturated carbocycles. The van der Waals surface area contributed by atoms with Crippen molar-refractivity contribution in [2.75, 3.05) is 38.3 Å². The van der Waals surface area contributed by atoms with E-state index < -0.39 is 0 Å². The van der Waals surface area contributed by atoms with Crippen LogP contribution in [0.2, 0.25) is 0 Å². The van der Waals surface area contributed by atoms with Gasteiger partial charge in [-0.15, -0.1) is 0 Å². The normalized spacial score (nSPS) is 21.8. The second-order valence-electron chi connectivity index (χ2n) is 16.2. The van der Waals surface area contributed by atoms with Crippen molar-refractivity contribution in [3.63, 3.8) is 0 Å². The predicted molar refractivity (Wildman–Crippen MR) is 210 cm³/mol. The fourth-order valence-corrected chi connectivity index (χ4v) is 8.32. The van der Waals surface area contributed by atoms with Crippen LogP contribution in [-0.4, -0.2) is 82.8 Å². The number of hydrogen-bond donors (Lipinski definition) is 2. The molecule has 0 radical (unpaired) electrons. The van der Waals surface area contributed by atoms with E-state index in [2.05, 4.69) is 86.9 Å². The van der Waals surface area contributed by atoms with Crippen LogP contribution in [0, 0.1) is 18.7 Å². The van der Waals surface area contributed by atoms with E-state index in [1.54, 1.807) is 13.3 Å². The van der Waals surface area contributed by atoms with E-state index in [9.17, 15) is 0 Å². The molecule has 0 spiro atoms. The van der Waals surface area contributed by atoms with Gasteiger partial charge in [0.1, 0.15) is 36.4 Å². The van der Waals surface area contributed by atoms with Gasteiger partial charge in [0, 0.05) is 60.2 Å². The lowest BCUT2D eigenvalue weighted by Crippen LogP contribution is -2.44. The van der Waals surface area contributed by atoms with Crippen LogP contribution < -0.4 is 19.7 Å². The Kier molecular flexibility index (Phi) is 9.32. The third-order valence-corrected chi connectivity index (χ3v) is 12.2. The van der Waals surface area contributed by atoms with Crippen LogP contribution in [0.15, 0.2) is 52.9 Å². The van der Waals surface area contributed by atoms with Crippen LogP contribution in [0.3, 0.4) is 0 Å². The zero-order chi connectivity index (χ0) is 38.0. The smallest absolute Gasteiger partial charge is 0.319 e. The van der Waals surface area contributed by atoms with Gasteiger partial charge >= 0.3 is 6.01 Å². The molecule has 4 aliphatic rings. The van der Waals surface area contributed by atoms with Gasteiger partial charge < -0.3 is 24.4 Å². The number of ether oxygens (including phenoxy) is 3. The number of rotatable bonds is 13. The maximum atomic E-state index is 15.8. The molecule has 2 N–H and O–H groups in total. The number of nitrogens with zero attached hydrogens (tertiary/aromatic N) is 7. The number of benzene rings is 3. The van der Waals surface area contributed by atoms with E-state index in [1.807, 2.05) is 13.8 Å². The Morgan fingerprint density at radius 1 is 0.982 bits per heavy atom. The second kappa shape index (κ2) is 14.3. The average Bonchev–Trinajstić information content (AvgIpc) is 3.55. The van der Waals surface area contributed by atoms with Crippen molar-refractivity contribution < 1.29 is 18.6 Å². The van der Waals surface area contributed by atoms with Gasteiger partial charge in [-0.1, -0.05) is 43.3 Å². The summed E-state index contributed by atoms with van der Waals surface area (Å²) >= 11 is 0. The summed E-state index contributed by atoms with van der Waals surface area (Å²) in [6, 6.07) is 13.5. The number of fused-ring (bicyclic) bond motifs is 4. The summed E-state index contributed by atoms with van der Waals surface area (Å²) in [6.07, 6.45) is 4.77. The van der Waals surface area contributed by atoms with E-state index in [-0.39, 0.29) is 37.2 Å². The van der Waals surface area contributed by atoms with Gasteiger partial charge in [0.05, 0.1) is 24.4 Å². The molecule has 0 amide bonds. The molecule has 3 fully saturated rings. The first-order valence-electron chi connectivity index (χ1n) is 19.7. The molecule has 3 aliphatic heterocycles. The highest BCUT2D eigenvalue weighted by Gasteiger charge is 2.40. The molecule has 288 valence electrons. The number of nitrogens with one attached hydrogen (secondary N) is 2. The zero-order valence-electron chi connectivity index (χ0n) is 32.5. The highest BCUT2D eigenvalue weighted by atomic mass is 19.1. The van der Waals surface area contributed by atoms with Crippen LogP contribution in [0.1, 0.15) is 81.2 Å². The first kappa shape index (κ1) is 35.8. The molecular formula is C42H50FN9O3. The van der Waals surface area contributed by atoms with Gasteiger partial charge in [0.2, 0.25) is 0 Å². The van der Waals surface area contributed by atoms with Crippen LogP contribution >= 0.6 is 0 Å². The van der Waals surface area contributed by atoms with Gasteiger partial charge in [-0.2, -0.15) is 20.2 Å². The lowest BCUT2D eigenvalue weighted by Gasteiger charge is -2.30. The minimum absolute atomic E-state index is 0.0133. The minimum Gasteiger partial charge on any atom is -0.486 e. The molecule has 2 bridgehead atoms. The molecule has 2 aromatic heterocycles. The monoisotopic (exact) mass is 747 g/mol. The van der Waals surface area contributed by atoms with Crippen LogP contribution in [0.25, 0.3) is 32.9 Å². The Labute approximate surface area is 320 Å².